The molecule has 0 saturated carbocycles. The molecule has 1 aromatic carbocycles. The van der Waals surface area contributed by atoms with Gasteiger partial charge in [-0.05, 0) is 48.5 Å². The first-order valence-electron chi connectivity index (χ1n) is 8.92. The first kappa shape index (κ1) is 20.1. The summed E-state index contributed by atoms with van der Waals surface area (Å²) in [4.78, 5) is 42.0. The van der Waals surface area contributed by atoms with Crippen molar-refractivity contribution in [2.75, 3.05) is 4.90 Å². The highest BCUT2D eigenvalue weighted by molar-refractivity contribution is 6.39. The zero-order chi connectivity index (χ0) is 22.2. The minimum absolute atomic E-state index is 0.164. The third kappa shape index (κ3) is 3.82. The lowest BCUT2D eigenvalue weighted by atomic mass is 10.1. The molecule has 0 aliphatic carbocycles. The number of carbonyl (C=O) groups is 3. The van der Waals surface area contributed by atoms with E-state index in [1.165, 1.54) is 59.6 Å². The van der Waals surface area contributed by atoms with Crippen LogP contribution in [-0.2, 0) is 15.8 Å². The third-order valence-electron chi connectivity index (χ3n) is 4.53. The SMILES string of the molecule is O=C1NC(=O)N(c2cccnc2)C(=O)/C1=C/c1cccn1-c1cccc(C(F)(F)F)c1. The molecule has 1 fully saturated rings. The van der Waals surface area contributed by atoms with Gasteiger partial charge in [0.15, 0.2) is 0 Å². The van der Waals surface area contributed by atoms with Gasteiger partial charge in [0.1, 0.15) is 5.57 Å². The van der Waals surface area contributed by atoms with Gasteiger partial charge in [0, 0.05) is 23.8 Å². The molecule has 10 heteroatoms. The number of rotatable bonds is 3. The summed E-state index contributed by atoms with van der Waals surface area (Å²) in [6, 6.07) is 9.78. The van der Waals surface area contributed by atoms with Crippen LogP contribution in [0.2, 0.25) is 0 Å². The van der Waals surface area contributed by atoms with Gasteiger partial charge in [-0.3, -0.25) is 19.9 Å². The Kier molecular flexibility index (Phi) is 4.90. The van der Waals surface area contributed by atoms with E-state index < -0.39 is 29.6 Å². The number of amides is 4. The monoisotopic (exact) mass is 426 g/mol. The van der Waals surface area contributed by atoms with Crippen molar-refractivity contribution in [3.63, 3.8) is 0 Å². The third-order valence-corrected chi connectivity index (χ3v) is 4.53. The zero-order valence-electron chi connectivity index (χ0n) is 15.6. The summed E-state index contributed by atoms with van der Waals surface area (Å²) in [6.07, 6.45) is 0.937. The first-order valence-corrected chi connectivity index (χ1v) is 8.92. The minimum Gasteiger partial charge on any atom is -0.317 e. The second-order valence-electron chi connectivity index (χ2n) is 6.52. The maximum Gasteiger partial charge on any atom is 0.416 e. The Hall–Kier alpha value is -4.21. The molecule has 4 amide bonds. The highest BCUT2D eigenvalue weighted by Gasteiger charge is 2.37. The predicted molar refractivity (Wildman–Crippen MR) is 104 cm³/mol. The number of nitrogens with one attached hydrogen (secondary N) is 1. The molecule has 156 valence electrons. The van der Waals surface area contributed by atoms with Crippen LogP contribution in [0.25, 0.3) is 11.8 Å². The number of alkyl halides is 3. The van der Waals surface area contributed by atoms with Crippen molar-refractivity contribution in [2.45, 2.75) is 6.18 Å². The van der Waals surface area contributed by atoms with Gasteiger partial charge in [-0.1, -0.05) is 6.07 Å². The van der Waals surface area contributed by atoms with E-state index in [2.05, 4.69) is 10.3 Å². The number of urea groups is 1. The molecule has 0 radical (unpaired) electrons. The van der Waals surface area contributed by atoms with Gasteiger partial charge < -0.3 is 4.57 Å². The molecule has 1 aliphatic heterocycles. The van der Waals surface area contributed by atoms with Crippen LogP contribution in [0.3, 0.4) is 0 Å². The number of benzene rings is 1. The molecule has 1 aliphatic rings. The molecular weight excluding hydrogens is 413 g/mol. The summed E-state index contributed by atoms with van der Waals surface area (Å²) in [5.41, 5.74) is -0.557. The van der Waals surface area contributed by atoms with Gasteiger partial charge in [-0.2, -0.15) is 13.2 Å². The maximum atomic E-state index is 13.1. The number of hydrogen-bond acceptors (Lipinski definition) is 4. The number of pyridine rings is 1. The number of carbonyl (C=O) groups excluding carboxylic acids is 3. The van der Waals surface area contributed by atoms with Crippen LogP contribution in [0.5, 0.6) is 0 Å². The molecule has 7 nitrogen and oxygen atoms in total. The van der Waals surface area contributed by atoms with Crippen molar-refractivity contribution in [1.82, 2.24) is 14.9 Å². The van der Waals surface area contributed by atoms with E-state index in [9.17, 15) is 27.6 Å². The molecule has 3 aromatic rings. The van der Waals surface area contributed by atoms with Gasteiger partial charge in [0.05, 0.1) is 17.4 Å². The number of halogens is 3. The number of barbiturate groups is 1. The highest BCUT2D eigenvalue weighted by Crippen LogP contribution is 2.31. The van der Waals surface area contributed by atoms with Crippen molar-refractivity contribution in [1.29, 1.82) is 0 Å². The lowest BCUT2D eigenvalue weighted by molar-refractivity contribution is -0.137. The first-order chi connectivity index (χ1) is 14.8. The average molecular weight is 426 g/mol. The van der Waals surface area contributed by atoms with Crippen LogP contribution < -0.4 is 10.2 Å². The standard InChI is InChI=1S/C21H13F3N4O3/c22-21(23,24)13-4-1-5-14(10-13)27-9-3-7-15(27)11-17-18(29)26-20(31)28(19(17)30)16-6-2-8-25-12-16/h1-12H,(H,26,29,31)/b17-11+. The molecular formula is C21H13F3N4O3. The summed E-state index contributed by atoms with van der Waals surface area (Å²) in [5, 5.41) is 2.08. The number of aromatic nitrogens is 2. The molecule has 1 N–H and O–H groups in total. The van der Waals surface area contributed by atoms with Crippen molar-refractivity contribution in [3.8, 4) is 5.69 Å². The second kappa shape index (κ2) is 7.56. The molecule has 0 unspecified atom stereocenters. The number of imide groups is 2. The van der Waals surface area contributed by atoms with E-state index in [0.29, 0.717) is 0 Å². The summed E-state index contributed by atoms with van der Waals surface area (Å²) in [7, 11) is 0. The van der Waals surface area contributed by atoms with Crippen LogP contribution >= 0.6 is 0 Å². The topological polar surface area (TPSA) is 84.3 Å². The van der Waals surface area contributed by atoms with Crippen molar-refractivity contribution < 1.29 is 27.6 Å². The molecule has 0 bridgehead atoms. The lowest BCUT2D eigenvalue weighted by Gasteiger charge is -2.26. The van der Waals surface area contributed by atoms with E-state index in [4.69, 9.17) is 0 Å². The van der Waals surface area contributed by atoms with E-state index in [1.54, 1.807) is 6.07 Å². The Balaban J connectivity index is 1.75. The normalized spacial score (nSPS) is 16.0. The average Bonchev–Trinajstić information content (AvgIpc) is 3.19. The van der Waals surface area contributed by atoms with Gasteiger partial charge in [0.25, 0.3) is 11.8 Å². The fourth-order valence-electron chi connectivity index (χ4n) is 3.10. The van der Waals surface area contributed by atoms with E-state index in [-0.39, 0.29) is 22.6 Å². The highest BCUT2D eigenvalue weighted by atomic mass is 19.4. The van der Waals surface area contributed by atoms with E-state index in [1.807, 2.05) is 0 Å². The Morgan fingerprint density at radius 1 is 0.968 bits per heavy atom. The Morgan fingerprint density at radius 3 is 2.45 bits per heavy atom. The molecule has 0 spiro atoms. The zero-order valence-corrected chi connectivity index (χ0v) is 15.6. The van der Waals surface area contributed by atoms with Gasteiger partial charge in [-0.25, -0.2) is 9.69 Å². The maximum absolute atomic E-state index is 13.1. The van der Waals surface area contributed by atoms with Crippen LogP contribution in [0, 0.1) is 0 Å². The fraction of sp³-hybridized carbons (Fsp3) is 0.0476. The largest absolute Gasteiger partial charge is 0.416 e. The van der Waals surface area contributed by atoms with Crippen molar-refractivity contribution in [2.24, 2.45) is 0 Å². The van der Waals surface area contributed by atoms with Gasteiger partial charge in [0.2, 0.25) is 0 Å². The van der Waals surface area contributed by atoms with Crippen molar-refractivity contribution >= 4 is 29.6 Å². The lowest BCUT2D eigenvalue weighted by Crippen LogP contribution is -2.54. The Labute approximate surface area is 173 Å². The molecule has 1 saturated heterocycles. The van der Waals surface area contributed by atoms with Crippen LogP contribution in [0.1, 0.15) is 11.3 Å². The minimum atomic E-state index is -4.52. The number of nitrogens with zero attached hydrogens (tertiary/aromatic N) is 3. The van der Waals surface area contributed by atoms with Crippen molar-refractivity contribution in [3.05, 3.63) is 84.0 Å². The summed E-state index contributed by atoms with van der Waals surface area (Å²) in [5.74, 6) is -1.79. The Morgan fingerprint density at radius 2 is 1.74 bits per heavy atom. The second-order valence-corrected chi connectivity index (χ2v) is 6.52. The number of hydrogen-bond donors (Lipinski definition) is 1. The summed E-state index contributed by atoms with van der Waals surface area (Å²) in [6.45, 7) is 0. The molecule has 4 rings (SSSR count). The Bertz CT molecular complexity index is 1220. The molecule has 2 aromatic heterocycles. The van der Waals surface area contributed by atoms with E-state index >= 15 is 0 Å². The number of anilines is 1. The van der Waals surface area contributed by atoms with Gasteiger partial charge in [-0.15, -0.1) is 0 Å². The fourth-order valence-corrected chi connectivity index (χ4v) is 3.10. The smallest absolute Gasteiger partial charge is 0.317 e. The summed E-state index contributed by atoms with van der Waals surface area (Å²) >= 11 is 0. The van der Waals surface area contributed by atoms with Crippen LogP contribution in [0.15, 0.2) is 72.7 Å². The van der Waals surface area contributed by atoms with Crippen LogP contribution in [-0.4, -0.2) is 27.4 Å². The van der Waals surface area contributed by atoms with Gasteiger partial charge >= 0.3 is 12.2 Å². The molecule has 3 heterocycles. The van der Waals surface area contributed by atoms with E-state index in [0.717, 1.165) is 17.0 Å². The molecule has 31 heavy (non-hydrogen) atoms. The summed E-state index contributed by atoms with van der Waals surface area (Å²) < 4.78 is 40.6. The predicted octanol–water partition coefficient (Wildman–Crippen LogP) is 3.56. The molecule has 0 atom stereocenters. The van der Waals surface area contributed by atoms with Crippen LogP contribution in [0.4, 0.5) is 23.7 Å². The quantitative estimate of drug-likeness (QED) is 0.513.